The summed E-state index contributed by atoms with van der Waals surface area (Å²) in [6, 6.07) is 17.9. The highest BCUT2D eigenvalue weighted by Crippen LogP contribution is 2.27. The Labute approximate surface area is 175 Å². The molecule has 1 amide bonds. The molecule has 0 aliphatic carbocycles. The second-order valence-corrected chi connectivity index (χ2v) is 8.42. The van der Waals surface area contributed by atoms with E-state index in [2.05, 4.69) is 5.32 Å². The van der Waals surface area contributed by atoms with Gasteiger partial charge in [-0.15, -0.1) is 0 Å². The van der Waals surface area contributed by atoms with Gasteiger partial charge in [0.2, 0.25) is 5.91 Å². The summed E-state index contributed by atoms with van der Waals surface area (Å²) in [6.07, 6.45) is 0. The molecule has 0 saturated carbocycles. The monoisotopic (exact) mass is 428 g/mol. The van der Waals surface area contributed by atoms with Gasteiger partial charge in [0.25, 0.3) is 10.0 Å². The van der Waals surface area contributed by atoms with Crippen LogP contribution in [0.25, 0.3) is 0 Å². The molecule has 0 heterocycles. The first-order chi connectivity index (χ1) is 14.3. The lowest BCUT2D eigenvalue weighted by Gasteiger charge is -2.24. The van der Waals surface area contributed by atoms with Crippen molar-refractivity contribution in [1.29, 1.82) is 0 Å². The molecule has 0 radical (unpaired) electrons. The van der Waals surface area contributed by atoms with E-state index in [0.29, 0.717) is 11.4 Å². The number of hydrogen-bond acceptors (Lipinski definition) is 4. The Morgan fingerprint density at radius 3 is 2.33 bits per heavy atom. The number of methoxy groups -OCH3 is 1. The topological polar surface area (TPSA) is 75.7 Å². The van der Waals surface area contributed by atoms with Crippen molar-refractivity contribution in [3.8, 4) is 5.75 Å². The number of nitrogens with one attached hydrogen (secondary N) is 1. The predicted octanol–water partition coefficient (Wildman–Crippen LogP) is 3.98. The van der Waals surface area contributed by atoms with Crippen molar-refractivity contribution in [1.82, 2.24) is 0 Å². The van der Waals surface area contributed by atoms with Crippen molar-refractivity contribution >= 4 is 27.3 Å². The largest absolute Gasteiger partial charge is 0.495 e. The lowest BCUT2D eigenvalue weighted by Crippen LogP contribution is -2.38. The molecular weight excluding hydrogens is 407 g/mol. The number of anilines is 2. The van der Waals surface area contributed by atoms with E-state index < -0.39 is 28.3 Å². The molecule has 8 heteroatoms. The van der Waals surface area contributed by atoms with E-state index in [0.717, 1.165) is 22.0 Å². The molecule has 0 unspecified atom stereocenters. The number of rotatable bonds is 7. The molecule has 0 aliphatic rings. The highest BCUT2D eigenvalue weighted by molar-refractivity contribution is 7.92. The Kier molecular flexibility index (Phi) is 6.37. The van der Waals surface area contributed by atoms with Crippen molar-refractivity contribution in [3.05, 3.63) is 84.2 Å². The summed E-state index contributed by atoms with van der Waals surface area (Å²) < 4.78 is 46.0. The van der Waals surface area contributed by atoms with Crippen molar-refractivity contribution < 1.29 is 22.3 Å². The molecule has 1 N–H and O–H groups in total. The summed E-state index contributed by atoms with van der Waals surface area (Å²) >= 11 is 0. The third kappa shape index (κ3) is 4.77. The number of halogens is 1. The standard InChI is InChI=1S/C22H21FN2O4S/c1-16-8-13-21(29-2)20(14-16)24-22(26)15-25(18-11-9-17(23)10-12-18)30(27,28)19-6-4-3-5-7-19/h3-14H,15H2,1-2H3,(H,24,26). The molecule has 30 heavy (non-hydrogen) atoms. The molecule has 3 aromatic carbocycles. The fourth-order valence-corrected chi connectivity index (χ4v) is 4.32. The minimum Gasteiger partial charge on any atom is -0.495 e. The van der Waals surface area contributed by atoms with Crippen LogP contribution >= 0.6 is 0 Å². The maximum atomic E-state index is 13.4. The van der Waals surface area contributed by atoms with Crippen LogP contribution in [0.2, 0.25) is 0 Å². The summed E-state index contributed by atoms with van der Waals surface area (Å²) in [7, 11) is -2.58. The van der Waals surface area contributed by atoms with Gasteiger partial charge in [-0.3, -0.25) is 9.10 Å². The van der Waals surface area contributed by atoms with Gasteiger partial charge in [-0.1, -0.05) is 24.3 Å². The van der Waals surface area contributed by atoms with Gasteiger partial charge in [0.1, 0.15) is 18.1 Å². The second-order valence-electron chi connectivity index (χ2n) is 6.55. The van der Waals surface area contributed by atoms with Gasteiger partial charge in [-0.05, 0) is 61.0 Å². The number of carbonyl (C=O) groups excluding carboxylic acids is 1. The van der Waals surface area contributed by atoms with Crippen molar-refractivity contribution in [2.45, 2.75) is 11.8 Å². The van der Waals surface area contributed by atoms with Crippen LogP contribution in [-0.4, -0.2) is 28.0 Å². The minimum atomic E-state index is -4.06. The molecule has 0 saturated heterocycles. The van der Waals surface area contributed by atoms with Crippen LogP contribution in [0.4, 0.5) is 15.8 Å². The average Bonchev–Trinajstić information content (AvgIpc) is 2.73. The molecule has 0 fully saturated rings. The molecule has 0 aliphatic heterocycles. The Balaban J connectivity index is 1.94. The summed E-state index contributed by atoms with van der Waals surface area (Å²) in [5, 5.41) is 2.69. The van der Waals surface area contributed by atoms with E-state index in [9.17, 15) is 17.6 Å². The minimum absolute atomic E-state index is 0.0234. The third-order valence-electron chi connectivity index (χ3n) is 4.36. The average molecular weight is 428 g/mol. The zero-order valence-electron chi connectivity index (χ0n) is 16.5. The van der Waals surface area contributed by atoms with Crippen LogP contribution < -0.4 is 14.4 Å². The summed E-state index contributed by atoms with van der Waals surface area (Å²) in [6.45, 7) is 1.36. The molecule has 3 aromatic rings. The normalized spacial score (nSPS) is 11.0. The van der Waals surface area contributed by atoms with E-state index in [1.165, 1.54) is 31.4 Å². The van der Waals surface area contributed by atoms with Gasteiger partial charge in [0.05, 0.1) is 23.4 Å². The molecule has 0 bridgehead atoms. The number of nitrogens with zero attached hydrogens (tertiary/aromatic N) is 1. The summed E-state index contributed by atoms with van der Waals surface area (Å²) in [5.41, 5.74) is 1.50. The van der Waals surface area contributed by atoms with Crippen LogP contribution in [0, 0.1) is 12.7 Å². The quantitative estimate of drug-likeness (QED) is 0.618. The molecule has 0 spiro atoms. The highest BCUT2D eigenvalue weighted by atomic mass is 32.2. The third-order valence-corrected chi connectivity index (χ3v) is 6.15. The van der Waals surface area contributed by atoms with E-state index in [4.69, 9.17) is 4.74 Å². The first-order valence-corrected chi connectivity index (χ1v) is 10.5. The molecule has 0 atom stereocenters. The number of amides is 1. The number of ether oxygens (including phenoxy) is 1. The molecule has 156 valence electrons. The Morgan fingerprint density at radius 1 is 1.03 bits per heavy atom. The molecular formula is C22H21FN2O4S. The van der Waals surface area contributed by atoms with Crippen LogP contribution in [0.5, 0.6) is 5.75 Å². The van der Waals surface area contributed by atoms with Gasteiger partial charge in [0, 0.05) is 0 Å². The Bertz CT molecular complexity index is 1130. The van der Waals surface area contributed by atoms with E-state index in [1.807, 2.05) is 13.0 Å². The fourth-order valence-electron chi connectivity index (χ4n) is 2.88. The van der Waals surface area contributed by atoms with Gasteiger partial charge in [-0.25, -0.2) is 12.8 Å². The summed E-state index contributed by atoms with van der Waals surface area (Å²) in [4.78, 5) is 12.8. The predicted molar refractivity (Wildman–Crippen MR) is 114 cm³/mol. The number of hydrogen-bond donors (Lipinski definition) is 1. The van der Waals surface area contributed by atoms with Crippen LogP contribution in [0.1, 0.15) is 5.56 Å². The van der Waals surface area contributed by atoms with E-state index >= 15 is 0 Å². The SMILES string of the molecule is COc1ccc(C)cc1NC(=O)CN(c1ccc(F)cc1)S(=O)(=O)c1ccccc1. The highest BCUT2D eigenvalue weighted by Gasteiger charge is 2.27. The van der Waals surface area contributed by atoms with Crippen LogP contribution in [0.15, 0.2) is 77.7 Å². The first kappa shape index (κ1) is 21.3. The Hall–Kier alpha value is -3.39. The number of carbonyl (C=O) groups is 1. The fraction of sp³-hybridized carbons (Fsp3) is 0.136. The molecule has 3 rings (SSSR count). The Morgan fingerprint density at radius 2 is 1.70 bits per heavy atom. The molecule has 0 aromatic heterocycles. The number of sulfonamides is 1. The second kappa shape index (κ2) is 8.96. The first-order valence-electron chi connectivity index (χ1n) is 9.09. The summed E-state index contributed by atoms with van der Waals surface area (Å²) in [5.74, 6) is -0.624. The number of benzene rings is 3. The van der Waals surface area contributed by atoms with Gasteiger partial charge >= 0.3 is 0 Å². The lowest BCUT2D eigenvalue weighted by atomic mass is 10.2. The number of aryl methyl sites for hydroxylation is 1. The van der Waals surface area contributed by atoms with Crippen molar-refractivity contribution in [3.63, 3.8) is 0 Å². The van der Waals surface area contributed by atoms with E-state index in [-0.39, 0.29) is 10.6 Å². The lowest BCUT2D eigenvalue weighted by molar-refractivity contribution is -0.114. The van der Waals surface area contributed by atoms with Crippen molar-refractivity contribution in [2.24, 2.45) is 0 Å². The maximum Gasteiger partial charge on any atom is 0.264 e. The van der Waals surface area contributed by atoms with Gasteiger partial charge in [-0.2, -0.15) is 0 Å². The van der Waals surface area contributed by atoms with Crippen LogP contribution in [0.3, 0.4) is 0 Å². The zero-order chi connectivity index (χ0) is 21.7. The van der Waals surface area contributed by atoms with Crippen molar-refractivity contribution in [2.75, 3.05) is 23.3 Å². The van der Waals surface area contributed by atoms with Crippen LogP contribution in [-0.2, 0) is 14.8 Å². The molecule has 6 nitrogen and oxygen atoms in total. The maximum absolute atomic E-state index is 13.4. The van der Waals surface area contributed by atoms with Gasteiger partial charge < -0.3 is 10.1 Å². The van der Waals surface area contributed by atoms with E-state index in [1.54, 1.807) is 30.3 Å². The smallest absolute Gasteiger partial charge is 0.264 e. The van der Waals surface area contributed by atoms with Gasteiger partial charge in [0.15, 0.2) is 0 Å². The zero-order valence-corrected chi connectivity index (χ0v) is 17.3.